The molecule has 0 aliphatic rings. The van der Waals surface area contributed by atoms with Gasteiger partial charge in [-0.3, -0.25) is 4.68 Å². The largest absolute Gasteiger partial charge is 0.275 e. The first-order valence-electron chi connectivity index (χ1n) is 4.96. The summed E-state index contributed by atoms with van der Waals surface area (Å²) in [5, 5.41) is 5.53. The molecule has 1 unspecified atom stereocenters. The predicted molar refractivity (Wildman–Crippen MR) is 64.1 cm³/mol. The maximum atomic E-state index is 4.55. The van der Waals surface area contributed by atoms with E-state index in [1.54, 1.807) is 0 Å². The highest BCUT2D eigenvalue weighted by molar-refractivity contribution is 9.09. The Kier molecular flexibility index (Phi) is 3.40. The number of halogens is 1. The van der Waals surface area contributed by atoms with Gasteiger partial charge in [-0.2, -0.15) is 5.10 Å². The van der Waals surface area contributed by atoms with Gasteiger partial charge in [0.15, 0.2) is 0 Å². The topological polar surface area (TPSA) is 17.8 Å². The van der Waals surface area contributed by atoms with Gasteiger partial charge in [0.05, 0.1) is 5.69 Å². The highest BCUT2D eigenvalue weighted by Gasteiger charge is 2.24. The third-order valence-electron chi connectivity index (χ3n) is 2.33. The average molecular weight is 259 g/mol. The zero-order valence-corrected chi connectivity index (χ0v) is 11.2. The van der Waals surface area contributed by atoms with Gasteiger partial charge in [0, 0.05) is 24.0 Å². The second-order valence-corrected chi connectivity index (χ2v) is 5.56. The Labute approximate surface area is 94.8 Å². The molecule has 0 saturated heterocycles. The number of hydrogen-bond acceptors (Lipinski definition) is 1. The summed E-state index contributed by atoms with van der Waals surface area (Å²) < 4.78 is 1.91. The standard InChI is InChI=1S/C11H19BrN2/c1-8(6-12)9-7-14(5)13-10(9)11(2,3)4/h7-8H,6H2,1-5H3. The van der Waals surface area contributed by atoms with Crippen LogP contribution >= 0.6 is 15.9 Å². The molecule has 80 valence electrons. The summed E-state index contributed by atoms with van der Waals surface area (Å²) in [5.41, 5.74) is 2.70. The predicted octanol–water partition coefficient (Wildman–Crippen LogP) is 3.22. The molecule has 0 radical (unpaired) electrons. The second-order valence-electron chi connectivity index (χ2n) is 4.91. The Morgan fingerprint density at radius 3 is 2.50 bits per heavy atom. The molecule has 14 heavy (non-hydrogen) atoms. The first-order valence-corrected chi connectivity index (χ1v) is 6.08. The van der Waals surface area contributed by atoms with Crippen LogP contribution in [0.5, 0.6) is 0 Å². The van der Waals surface area contributed by atoms with Crippen LogP contribution in [0.3, 0.4) is 0 Å². The molecule has 0 saturated carbocycles. The second kappa shape index (κ2) is 4.05. The molecule has 1 heterocycles. The van der Waals surface area contributed by atoms with E-state index in [0.717, 1.165) is 5.33 Å². The first-order chi connectivity index (χ1) is 6.36. The molecular weight excluding hydrogens is 240 g/mol. The molecule has 0 aliphatic heterocycles. The Bertz CT molecular complexity index is 310. The van der Waals surface area contributed by atoms with Gasteiger partial charge in [0.25, 0.3) is 0 Å². The van der Waals surface area contributed by atoms with Crippen LogP contribution in [0.25, 0.3) is 0 Å². The van der Waals surface area contributed by atoms with Crippen molar-refractivity contribution in [1.29, 1.82) is 0 Å². The molecular formula is C11H19BrN2. The van der Waals surface area contributed by atoms with Crippen molar-refractivity contribution in [3.8, 4) is 0 Å². The molecule has 1 rings (SSSR count). The summed E-state index contributed by atoms with van der Waals surface area (Å²) in [6, 6.07) is 0. The van der Waals surface area contributed by atoms with E-state index in [1.165, 1.54) is 11.3 Å². The number of rotatable bonds is 2. The molecule has 0 bridgehead atoms. The fourth-order valence-corrected chi connectivity index (χ4v) is 1.88. The van der Waals surface area contributed by atoms with Crippen LogP contribution < -0.4 is 0 Å². The minimum absolute atomic E-state index is 0.132. The number of alkyl halides is 1. The fraction of sp³-hybridized carbons (Fsp3) is 0.727. The Balaban J connectivity index is 3.16. The van der Waals surface area contributed by atoms with Gasteiger partial charge in [0.2, 0.25) is 0 Å². The van der Waals surface area contributed by atoms with E-state index in [0.29, 0.717) is 5.92 Å². The van der Waals surface area contributed by atoms with E-state index in [1.807, 2.05) is 11.7 Å². The molecule has 0 aromatic carbocycles. The Morgan fingerprint density at radius 2 is 2.07 bits per heavy atom. The van der Waals surface area contributed by atoms with Gasteiger partial charge in [-0.1, -0.05) is 43.6 Å². The van der Waals surface area contributed by atoms with Crippen molar-refractivity contribution in [3.05, 3.63) is 17.5 Å². The lowest BCUT2D eigenvalue weighted by Gasteiger charge is -2.19. The number of nitrogens with zero attached hydrogens (tertiary/aromatic N) is 2. The monoisotopic (exact) mass is 258 g/mol. The van der Waals surface area contributed by atoms with Gasteiger partial charge in [-0.05, 0) is 11.5 Å². The van der Waals surface area contributed by atoms with Gasteiger partial charge in [-0.25, -0.2) is 0 Å². The highest BCUT2D eigenvalue weighted by atomic mass is 79.9. The zero-order valence-electron chi connectivity index (χ0n) is 9.63. The van der Waals surface area contributed by atoms with Gasteiger partial charge >= 0.3 is 0 Å². The van der Waals surface area contributed by atoms with Crippen molar-refractivity contribution in [2.75, 3.05) is 5.33 Å². The molecule has 0 aliphatic carbocycles. The van der Waals surface area contributed by atoms with E-state index in [2.05, 4.69) is 54.9 Å². The lowest BCUT2D eigenvalue weighted by atomic mass is 9.86. The maximum absolute atomic E-state index is 4.55. The molecule has 0 N–H and O–H groups in total. The summed E-state index contributed by atoms with van der Waals surface area (Å²) in [5.74, 6) is 0.526. The van der Waals surface area contributed by atoms with Crippen molar-refractivity contribution < 1.29 is 0 Å². The molecule has 0 amide bonds. The van der Waals surface area contributed by atoms with Crippen LogP contribution in [-0.2, 0) is 12.5 Å². The smallest absolute Gasteiger partial charge is 0.0712 e. The third-order valence-corrected chi connectivity index (χ3v) is 3.30. The van der Waals surface area contributed by atoms with Gasteiger partial charge in [-0.15, -0.1) is 0 Å². The lowest BCUT2D eigenvalue weighted by molar-refractivity contribution is 0.545. The van der Waals surface area contributed by atoms with Crippen LogP contribution in [0, 0.1) is 0 Å². The molecule has 1 aromatic rings. The van der Waals surface area contributed by atoms with Crippen molar-refractivity contribution in [2.24, 2.45) is 7.05 Å². The molecule has 1 atom stereocenters. The maximum Gasteiger partial charge on any atom is 0.0712 e. The molecule has 0 fully saturated rings. The molecule has 2 nitrogen and oxygen atoms in total. The Morgan fingerprint density at radius 1 is 1.50 bits per heavy atom. The summed E-state index contributed by atoms with van der Waals surface area (Å²) in [6.45, 7) is 8.85. The summed E-state index contributed by atoms with van der Waals surface area (Å²) in [4.78, 5) is 0. The summed E-state index contributed by atoms with van der Waals surface area (Å²) in [7, 11) is 1.99. The number of aromatic nitrogens is 2. The first kappa shape index (κ1) is 11.8. The van der Waals surface area contributed by atoms with Crippen molar-refractivity contribution >= 4 is 15.9 Å². The molecule has 0 spiro atoms. The van der Waals surface area contributed by atoms with E-state index < -0.39 is 0 Å². The van der Waals surface area contributed by atoms with Crippen LogP contribution in [-0.4, -0.2) is 15.1 Å². The van der Waals surface area contributed by atoms with Crippen molar-refractivity contribution in [1.82, 2.24) is 9.78 Å². The van der Waals surface area contributed by atoms with Crippen molar-refractivity contribution in [3.63, 3.8) is 0 Å². The minimum atomic E-state index is 0.132. The Hall–Kier alpha value is -0.310. The van der Waals surface area contributed by atoms with Crippen LogP contribution in [0.2, 0.25) is 0 Å². The summed E-state index contributed by atoms with van der Waals surface area (Å²) >= 11 is 3.52. The van der Waals surface area contributed by atoms with Crippen LogP contribution in [0.4, 0.5) is 0 Å². The number of hydrogen-bond donors (Lipinski definition) is 0. The highest BCUT2D eigenvalue weighted by Crippen LogP contribution is 2.29. The third kappa shape index (κ3) is 2.38. The molecule has 1 aromatic heterocycles. The minimum Gasteiger partial charge on any atom is -0.275 e. The van der Waals surface area contributed by atoms with Crippen molar-refractivity contribution in [2.45, 2.75) is 39.0 Å². The quantitative estimate of drug-likeness (QED) is 0.746. The van der Waals surface area contributed by atoms with Crippen LogP contribution in [0.15, 0.2) is 6.20 Å². The van der Waals surface area contributed by atoms with E-state index in [-0.39, 0.29) is 5.41 Å². The fourth-order valence-electron chi connectivity index (χ4n) is 1.53. The SMILES string of the molecule is CC(CBr)c1cn(C)nc1C(C)(C)C. The average Bonchev–Trinajstić information content (AvgIpc) is 2.45. The van der Waals surface area contributed by atoms with Gasteiger partial charge < -0.3 is 0 Å². The van der Waals surface area contributed by atoms with E-state index in [9.17, 15) is 0 Å². The van der Waals surface area contributed by atoms with Crippen LogP contribution in [0.1, 0.15) is 44.9 Å². The van der Waals surface area contributed by atoms with Gasteiger partial charge in [0.1, 0.15) is 0 Å². The normalized spacial score (nSPS) is 14.4. The molecule has 3 heteroatoms. The zero-order chi connectivity index (χ0) is 10.9. The van der Waals surface area contributed by atoms with E-state index >= 15 is 0 Å². The van der Waals surface area contributed by atoms with E-state index in [4.69, 9.17) is 0 Å². The number of aryl methyl sites for hydroxylation is 1. The summed E-state index contributed by atoms with van der Waals surface area (Å²) in [6.07, 6.45) is 2.13. The lowest BCUT2D eigenvalue weighted by Crippen LogP contribution is -2.16.